The molecule has 18 heavy (non-hydrogen) atoms. The van der Waals surface area contributed by atoms with Crippen molar-refractivity contribution in [2.24, 2.45) is 0 Å². The van der Waals surface area contributed by atoms with Crippen LogP contribution in [0.5, 0.6) is 5.75 Å². The molecule has 0 atom stereocenters. The van der Waals surface area contributed by atoms with E-state index in [1.165, 1.54) is 16.8 Å². The van der Waals surface area contributed by atoms with Gasteiger partial charge in [-0.25, -0.2) is 4.68 Å². The molecule has 0 bridgehead atoms. The monoisotopic (exact) mass is 310 g/mol. The van der Waals surface area contributed by atoms with Gasteiger partial charge in [-0.3, -0.25) is 14.7 Å². The number of ether oxygens (including phenoxy) is 1. The number of benzene rings is 1. The van der Waals surface area contributed by atoms with Crippen LogP contribution < -0.4 is 15.9 Å². The summed E-state index contributed by atoms with van der Waals surface area (Å²) >= 11 is 3.40. The van der Waals surface area contributed by atoms with E-state index in [-0.39, 0.29) is 17.7 Å². The van der Waals surface area contributed by atoms with Crippen LogP contribution in [0.25, 0.3) is 0 Å². The van der Waals surface area contributed by atoms with Crippen molar-refractivity contribution in [3.05, 3.63) is 61.1 Å². The van der Waals surface area contributed by atoms with Crippen molar-refractivity contribution in [3.8, 4) is 5.75 Å². The number of hydrogen-bond donors (Lipinski definition) is 1. The average molecular weight is 311 g/mol. The summed E-state index contributed by atoms with van der Waals surface area (Å²) in [6.45, 7) is 0.271. The standard InChI is InChI=1S/C12H11BrN2O3/c1-18-9-2-3-10(13)8(6-9)7-15-12(17)5-4-11(16)14-15/h2-6H,7H2,1H3,(H,14,16). The highest BCUT2D eigenvalue weighted by Crippen LogP contribution is 2.22. The summed E-state index contributed by atoms with van der Waals surface area (Å²) in [7, 11) is 1.57. The summed E-state index contributed by atoms with van der Waals surface area (Å²) < 4.78 is 7.22. The highest BCUT2D eigenvalue weighted by atomic mass is 79.9. The van der Waals surface area contributed by atoms with Crippen molar-refractivity contribution >= 4 is 15.9 Å². The Labute approximate surface area is 111 Å². The third-order valence-electron chi connectivity index (χ3n) is 2.47. The minimum Gasteiger partial charge on any atom is -0.497 e. The first-order chi connectivity index (χ1) is 8.60. The van der Waals surface area contributed by atoms with Crippen LogP contribution in [0.4, 0.5) is 0 Å². The second-order valence-corrected chi connectivity index (χ2v) is 4.55. The Kier molecular flexibility index (Phi) is 3.66. The Balaban J connectivity index is 2.42. The fourth-order valence-electron chi connectivity index (χ4n) is 1.55. The van der Waals surface area contributed by atoms with E-state index >= 15 is 0 Å². The van der Waals surface area contributed by atoms with Crippen LogP contribution in [0.15, 0.2) is 44.4 Å². The largest absolute Gasteiger partial charge is 0.497 e. The maximum absolute atomic E-state index is 11.6. The number of halogens is 1. The molecule has 0 radical (unpaired) electrons. The van der Waals surface area contributed by atoms with Gasteiger partial charge in [0.05, 0.1) is 13.7 Å². The van der Waals surface area contributed by atoms with E-state index in [0.29, 0.717) is 5.75 Å². The molecule has 2 rings (SSSR count). The molecule has 5 nitrogen and oxygen atoms in total. The van der Waals surface area contributed by atoms with Crippen LogP contribution in [0.1, 0.15) is 5.56 Å². The highest BCUT2D eigenvalue weighted by molar-refractivity contribution is 9.10. The number of H-pyrrole nitrogens is 1. The summed E-state index contributed by atoms with van der Waals surface area (Å²) in [4.78, 5) is 22.8. The van der Waals surface area contributed by atoms with Gasteiger partial charge in [-0.1, -0.05) is 15.9 Å². The molecule has 0 amide bonds. The van der Waals surface area contributed by atoms with Gasteiger partial charge < -0.3 is 4.74 Å². The van der Waals surface area contributed by atoms with Gasteiger partial charge in [0, 0.05) is 16.6 Å². The number of hydrogen-bond acceptors (Lipinski definition) is 3. The molecule has 0 aliphatic carbocycles. The number of methoxy groups -OCH3 is 1. The smallest absolute Gasteiger partial charge is 0.265 e. The summed E-state index contributed by atoms with van der Waals surface area (Å²) in [5.41, 5.74) is 0.274. The predicted molar refractivity (Wildman–Crippen MR) is 71.1 cm³/mol. The molecule has 1 N–H and O–H groups in total. The highest BCUT2D eigenvalue weighted by Gasteiger charge is 2.05. The molecule has 0 aliphatic heterocycles. The lowest BCUT2D eigenvalue weighted by Crippen LogP contribution is -2.28. The van der Waals surface area contributed by atoms with Crippen LogP contribution >= 0.6 is 15.9 Å². The molecule has 0 aliphatic rings. The maximum Gasteiger partial charge on any atom is 0.265 e. The van der Waals surface area contributed by atoms with E-state index in [9.17, 15) is 9.59 Å². The van der Waals surface area contributed by atoms with Gasteiger partial charge in [0.25, 0.3) is 11.1 Å². The minimum atomic E-state index is -0.311. The van der Waals surface area contributed by atoms with Crippen molar-refractivity contribution in [2.45, 2.75) is 6.54 Å². The van der Waals surface area contributed by atoms with Crippen molar-refractivity contribution in [3.63, 3.8) is 0 Å². The summed E-state index contributed by atoms with van der Waals surface area (Å²) in [6.07, 6.45) is 0. The van der Waals surface area contributed by atoms with Gasteiger partial charge in [0.2, 0.25) is 0 Å². The molecule has 0 saturated heterocycles. The summed E-state index contributed by atoms with van der Waals surface area (Å²) in [6, 6.07) is 7.90. The number of nitrogens with one attached hydrogen (secondary N) is 1. The van der Waals surface area contributed by atoms with Crippen LogP contribution in [0.3, 0.4) is 0 Å². The predicted octanol–water partition coefficient (Wildman–Crippen LogP) is 1.36. The van der Waals surface area contributed by atoms with Gasteiger partial charge in [0.1, 0.15) is 5.75 Å². The minimum absolute atomic E-state index is 0.260. The zero-order valence-electron chi connectivity index (χ0n) is 9.64. The third kappa shape index (κ3) is 2.70. The van der Waals surface area contributed by atoms with Crippen LogP contribution in [0, 0.1) is 0 Å². The normalized spacial score (nSPS) is 10.3. The molecule has 0 saturated carbocycles. The zero-order chi connectivity index (χ0) is 13.1. The van der Waals surface area contributed by atoms with E-state index in [4.69, 9.17) is 4.74 Å². The van der Waals surface area contributed by atoms with Gasteiger partial charge in [-0.05, 0) is 23.8 Å². The molecular weight excluding hydrogens is 300 g/mol. The lowest BCUT2D eigenvalue weighted by atomic mass is 10.2. The van der Waals surface area contributed by atoms with Gasteiger partial charge in [0.15, 0.2) is 0 Å². The van der Waals surface area contributed by atoms with Crippen molar-refractivity contribution in [1.29, 1.82) is 0 Å². The van der Waals surface area contributed by atoms with Crippen LogP contribution in [-0.2, 0) is 6.54 Å². The maximum atomic E-state index is 11.6. The van der Waals surface area contributed by atoms with Crippen LogP contribution in [-0.4, -0.2) is 16.9 Å². The van der Waals surface area contributed by atoms with E-state index in [0.717, 1.165) is 10.0 Å². The number of aromatic nitrogens is 2. The van der Waals surface area contributed by atoms with E-state index in [1.807, 2.05) is 18.2 Å². The van der Waals surface area contributed by atoms with Crippen molar-refractivity contribution in [1.82, 2.24) is 9.78 Å². The third-order valence-corrected chi connectivity index (χ3v) is 3.24. The van der Waals surface area contributed by atoms with Gasteiger partial charge in [-0.15, -0.1) is 0 Å². The Morgan fingerprint density at radius 2 is 2.06 bits per heavy atom. The van der Waals surface area contributed by atoms with Crippen LogP contribution in [0.2, 0.25) is 0 Å². The molecule has 6 heteroatoms. The second kappa shape index (κ2) is 5.22. The Morgan fingerprint density at radius 3 is 2.78 bits per heavy atom. The average Bonchev–Trinajstić information content (AvgIpc) is 2.36. The quantitative estimate of drug-likeness (QED) is 0.931. The number of rotatable bonds is 3. The second-order valence-electron chi connectivity index (χ2n) is 3.69. The number of nitrogens with zero attached hydrogens (tertiary/aromatic N) is 1. The molecule has 1 aromatic carbocycles. The SMILES string of the molecule is COc1ccc(Br)c(Cn2[nH]c(=O)ccc2=O)c1. The topological polar surface area (TPSA) is 64.1 Å². The molecule has 0 spiro atoms. The fraction of sp³-hybridized carbons (Fsp3) is 0.167. The molecule has 1 aromatic heterocycles. The van der Waals surface area contributed by atoms with E-state index < -0.39 is 0 Å². The fourth-order valence-corrected chi connectivity index (χ4v) is 1.92. The van der Waals surface area contributed by atoms with E-state index in [2.05, 4.69) is 21.0 Å². The first-order valence-electron chi connectivity index (χ1n) is 5.23. The Bertz CT molecular complexity index is 676. The molecule has 94 valence electrons. The molecule has 1 heterocycles. The molecular formula is C12H11BrN2O3. The van der Waals surface area contributed by atoms with Crippen molar-refractivity contribution < 1.29 is 4.74 Å². The summed E-state index contributed by atoms with van der Waals surface area (Å²) in [5, 5.41) is 2.48. The number of aromatic amines is 1. The molecule has 0 fully saturated rings. The summed E-state index contributed by atoms with van der Waals surface area (Å²) in [5.74, 6) is 0.694. The van der Waals surface area contributed by atoms with Crippen molar-refractivity contribution in [2.75, 3.05) is 7.11 Å². The zero-order valence-corrected chi connectivity index (χ0v) is 11.2. The molecule has 2 aromatic rings. The van der Waals surface area contributed by atoms with Gasteiger partial charge in [-0.2, -0.15) is 0 Å². The first-order valence-corrected chi connectivity index (χ1v) is 6.02. The lowest BCUT2D eigenvalue weighted by molar-refractivity contribution is 0.414. The molecule has 0 unspecified atom stereocenters. The Hall–Kier alpha value is -1.82. The Morgan fingerprint density at radius 1 is 1.28 bits per heavy atom. The lowest BCUT2D eigenvalue weighted by Gasteiger charge is -2.09. The van der Waals surface area contributed by atoms with E-state index in [1.54, 1.807) is 7.11 Å². The van der Waals surface area contributed by atoms with Gasteiger partial charge >= 0.3 is 0 Å². The first kappa shape index (κ1) is 12.6.